The molecule has 298 valence electrons. The van der Waals surface area contributed by atoms with Crippen molar-refractivity contribution in [2.75, 3.05) is 20.2 Å². The molecule has 7 rings (SSSR count). The van der Waals surface area contributed by atoms with E-state index in [4.69, 9.17) is 9.72 Å². The van der Waals surface area contributed by atoms with Crippen LogP contribution in [0.5, 0.6) is 0 Å². The van der Waals surface area contributed by atoms with E-state index in [1.807, 2.05) is 44.7 Å². The van der Waals surface area contributed by atoms with Crippen LogP contribution in [0.2, 0.25) is 0 Å². The lowest BCUT2D eigenvalue weighted by Crippen LogP contribution is -2.51. The first-order chi connectivity index (χ1) is 27.4. The van der Waals surface area contributed by atoms with Crippen molar-refractivity contribution in [1.82, 2.24) is 40.4 Å². The molecule has 2 aliphatic heterocycles. The van der Waals surface area contributed by atoms with E-state index in [2.05, 4.69) is 80.2 Å². The number of amides is 4. The first kappa shape index (κ1) is 39.1. The lowest BCUT2D eigenvalue weighted by molar-refractivity contribution is -0.136. The molecule has 2 aromatic heterocycles. The van der Waals surface area contributed by atoms with Crippen molar-refractivity contribution in [2.45, 2.75) is 77.5 Å². The molecule has 0 bridgehead atoms. The van der Waals surface area contributed by atoms with Crippen LogP contribution < -0.4 is 10.6 Å². The Morgan fingerprint density at radius 2 is 1.23 bits per heavy atom. The van der Waals surface area contributed by atoms with Gasteiger partial charge in [0.25, 0.3) is 0 Å². The predicted octanol–water partition coefficient (Wildman–Crippen LogP) is 7.29. The second kappa shape index (κ2) is 16.5. The zero-order valence-corrected chi connectivity index (χ0v) is 32.9. The normalized spacial score (nSPS) is 17.9. The molecule has 14 nitrogen and oxygen atoms in total. The highest BCUT2D eigenvalue weighted by Gasteiger charge is 2.39. The summed E-state index contributed by atoms with van der Waals surface area (Å²) in [6, 6.07) is 20.8. The average molecular weight is 775 g/mol. The minimum atomic E-state index is -1.21. The summed E-state index contributed by atoms with van der Waals surface area (Å²) >= 11 is 0. The SMILES string of the molecule is COC(=O)N[C@H](C(=O)N1CCC[C@H]1c1ncc(-c2ccc(-c3ccc(-c4ccc5nc([C@@H]6CCCN6C(=O)[C@@H](NC(=O)O)C(C)C)[nH]c5c4)cc3)cc2)[nH]1)C(C)C. The lowest BCUT2D eigenvalue weighted by Gasteiger charge is -2.30. The van der Waals surface area contributed by atoms with E-state index >= 15 is 0 Å². The molecule has 5 N–H and O–H groups in total. The molecule has 0 unspecified atom stereocenters. The number of carbonyl (C=O) groups is 4. The molecule has 0 radical (unpaired) electrons. The number of alkyl carbamates (subject to hydrolysis) is 1. The van der Waals surface area contributed by atoms with Gasteiger partial charge in [-0.25, -0.2) is 19.6 Å². The number of aromatic nitrogens is 4. The molecular formula is C43H50N8O6. The van der Waals surface area contributed by atoms with Crippen LogP contribution in [0.4, 0.5) is 9.59 Å². The van der Waals surface area contributed by atoms with Crippen LogP contribution in [0.15, 0.2) is 72.9 Å². The van der Waals surface area contributed by atoms with Crippen LogP contribution in [0.25, 0.3) is 44.5 Å². The van der Waals surface area contributed by atoms with Crippen LogP contribution in [0.3, 0.4) is 0 Å². The van der Waals surface area contributed by atoms with Gasteiger partial charge in [0.05, 0.1) is 42.1 Å². The Balaban J connectivity index is 1.02. The van der Waals surface area contributed by atoms with E-state index in [-0.39, 0.29) is 35.7 Å². The summed E-state index contributed by atoms with van der Waals surface area (Å²) in [5.41, 5.74) is 7.74. The molecule has 2 fully saturated rings. The number of rotatable bonds is 11. The van der Waals surface area contributed by atoms with Crippen LogP contribution >= 0.6 is 0 Å². The highest BCUT2D eigenvalue weighted by atomic mass is 16.5. The van der Waals surface area contributed by atoms with Crippen molar-refractivity contribution in [2.24, 2.45) is 11.8 Å². The summed E-state index contributed by atoms with van der Waals surface area (Å²) in [5.74, 6) is 0.768. The van der Waals surface area contributed by atoms with Crippen LogP contribution in [0, 0.1) is 11.8 Å². The summed E-state index contributed by atoms with van der Waals surface area (Å²) < 4.78 is 4.76. The van der Waals surface area contributed by atoms with Crippen molar-refractivity contribution in [3.63, 3.8) is 0 Å². The minimum absolute atomic E-state index is 0.106. The maximum Gasteiger partial charge on any atom is 0.407 e. The molecule has 0 saturated carbocycles. The molecule has 2 aliphatic rings. The number of hydrogen-bond donors (Lipinski definition) is 5. The number of H-pyrrole nitrogens is 2. The molecule has 4 atom stereocenters. The van der Waals surface area contributed by atoms with E-state index in [0.29, 0.717) is 18.9 Å². The van der Waals surface area contributed by atoms with Gasteiger partial charge in [-0.1, -0.05) is 82.3 Å². The maximum atomic E-state index is 13.5. The highest BCUT2D eigenvalue weighted by molar-refractivity contribution is 5.88. The Bertz CT molecular complexity index is 2250. The van der Waals surface area contributed by atoms with Gasteiger partial charge in [0.15, 0.2) is 0 Å². The fourth-order valence-corrected chi connectivity index (χ4v) is 8.05. The molecule has 57 heavy (non-hydrogen) atoms. The first-order valence-corrected chi connectivity index (χ1v) is 19.6. The van der Waals surface area contributed by atoms with Crippen LogP contribution in [-0.2, 0) is 14.3 Å². The number of nitrogens with one attached hydrogen (secondary N) is 4. The number of benzene rings is 3. The van der Waals surface area contributed by atoms with Crippen molar-refractivity contribution >= 4 is 35.0 Å². The fraction of sp³-hybridized carbons (Fsp3) is 0.395. The Morgan fingerprint density at radius 1 is 0.719 bits per heavy atom. The van der Waals surface area contributed by atoms with Gasteiger partial charge in [-0.3, -0.25) is 9.59 Å². The van der Waals surface area contributed by atoms with E-state index in [0.717, 1.165) is 76.1 Å². The number of carboxylic acid groups (broad SMARTS) is 1. The molecule has 4 heterocycles. The van der Waals surface area contributed by atoms with Gasteiger partial charge in [-0.05, 0) is 77.5 Å². The van der Waals surface area contributed by atoms with Gasteiger partial charge in [0.1, 0.15) is 23.7 Å². The van der Waals surface area contributed by atoms with Crippen LogP contribution in [-0.4, -0.2) is 91.1 Å². The number of methoxy groups -OCH3 is 1. The number of imidazole rings is 2. The first-order valence-electron chi connectivity index (χ1n) is 19.6. The Morgan fingerprint density at radius 3 is 1.77 bits per heavy atom. The third-order valence-electron chi connectivity index (χ3n) is 11.1. The maximum absolute atomic E-state index is 13.5. The number of carbonyl (C=O) groups excluding carboxylic acids is 3. The van der Waals surface area contributed by atoms with Gasteiger partial charge in [-0.15, -0.1) is 0 Å². The monoisotopic (exact) mass is 774 g/mol. The predicted molar refractivity (Wildman–Crippen MR) is 216 cm³/mol. The number of fused-ring (bicyclic) bond motifs is 1. The summed E-state index contributed by atoms with van der Waals surface area (Å²) in [5, 5.41) is 14.4. The van der Waals surface area contributed by atoms with Crippen molar-refractivity contribution in [3.8, 4) is 33.5 Å². The average Bonchev–Trinajstić information content (AvgIpc) is 4.04. The van der Waals surface area contributed by atoms with Crippen molar-refractivity contribution in [3.05, 3.63) is 84.6 Å². The largest absolute Gasteiger partial charge is 0.465 e. The molecule has 2 saturated heterocycles. The van der Waals surface area contributed by atoms with Crippen LogP contribution in [0.1, 0.15) is 77.1 Å². The summed E-state index contributed by atoms with van der Waals surface area (Å²) in [6.07, 6.45) is 3.16. The highest BCUT2D eigenvalue weighted by Crippen LogP contribution is 2.35. The topological polar surface area (TPSA) is 186 Å². The van der Waals surface area contributed by atoms with Gasteiger partial charge in [0.2, 0.25) is 11.8 Å². The van der Waals surface area contributed by atoms with E-state index in [1.165, 1.54) is 7.11 Å². The number of likely N-dealkylation sites (tertiary alicyclic amines) is 2. The standard InChI is InChI=1S/C43H50N8O6/c1-24(2)36(48-42(54)55)40(52)51-21-7-9-35(51)39-45-31-19-18-30(22-32(31)46-39)28-12-10-26(11-13-28)27-14-16-29(17-15-27)33-23-44-38(47-33)34-8-6-20-50(34)41(53)37(25(3)4)49-43(56)57-5/h10-19,22-25,34-37,48H,6-9,20-21H2,1-5H3,(H,44,47)(H,45,46)(H,49,56)(H,54,55)/t34-,35-,36-,37-/m0/s1. The number of ether oxygens (including phenoxy) is 1. The summed E-state index contributed by atoms with van der Waals surface area (Å²) in [4.78, 5) is 70.3. The van der Waals surface area contributed by atoms with E-state index in [1.54, 1.807) is 11.1 Å². The number of nitrogens with zero attached hydrogens (tertiary/aromatic N) is 4. The number of aromatic amines is 2. The van der Waals surface area contributed by atoms with Gasteiger partial charge in [-0.2, -0.15) is 0 Å². The Hall–Kier alpha value is -6.18. The third-order valence-corrected chi connectivity index (χ3v) is 11.1. The summed E-state index contributed by atoms with van der Waals surface area (Å²) in [7, 11) is 1.29. The van der Waals surface area contributed by atoms with Gasteiger partial charge in [0, 0.05) is 13.1 Å². The van der Waals surface area contributed by atoms with Gasteiger partial charge < -0.3 is 40.2 Å². The molecular weight excluding hydrogens is 725 g/mol. The second-order valence-corrected chi connectivity index (χ2v) is 15.6. The molecule has 5 aromatic rings. The quantitative estimate of drug-likeness (QED) is 0.0926. The summed E-state index contributed by atoms with van der Waals surface area (Å²) in [6.45, 7) is 8.62. The molecule has 14 heteroatoms. The van der Waals surface area contributed by atoms with Gasteiger partial charge >= 0.3 is 12.2 Å². The Labute approximate surface area is 331 Å². The minimum Gasteiger partial charge on any atom is -0.465 e. The van der Waals surface area contributed by atoms with Crippen molar-refractivity contribution in [1.29, 1.82) is 0 Å². The lowest BCUT2D eigenvalue weighted by atomic mass is 9.99. The second-order valence-electron chi connectivity index (χ2n) is 15.6. The number of hydrogen-bond acceptors (Lipinski definition) is 7. The molecule has 0 spiro atoms. The van der Waals surface area contributed by atoms with E-state index < -0.39 is 24.3 Å². The molecule has 3 aromatic carbocycles. The molecule has 0 aliphatic carbocycles. The van der Waals surface area contributed by atoms with Crippen molar-refractivity contribution < 1.29 is 29.0 Å². The Kier molecular flexibility index (Phi) is 11.3. The zero-order valence-electron chi connectivity index (χ0n) is 32.9. The van der Waals surface area contributed by atoms with E-state index in [9.17, 15) is 24.3 Å². The smallest absolute Gasteiger partial charge is 0.407 e. The molecule has 4 amide bonds. The fourth-order valence-electron chi connectivity index (χ4n) is 8.05. The zero-order chi connectivity index (χ0) is 40.4. The third kappa shape index (κ3) is 8.21.